The summed E-state index contributed by atoms with van der Waals surface area (Å²) in [5.41, 5.74) is 13.9. The van der Waals surface area contributed by atoms with Gasteiger partial charge in [-0.3, -0.25) is 48.6 Å². The van der Waals surface area contributed by atoms with Crippen molar-refractivity contribution in [1.82, 2.24) is 40.9 Å². The van der Waals surface area contributed by atoms with E-state index in [1.165, 1.54) is 21.6 Å². The van der Waals surface area contributed by atoms with Crippen molar-refractivity contribution < 1.29 is 43.5 Å². The SMILES string of the molecule is Cc1nc2ncc(CCc3ccc(C(=O)CCCCC(=O)C[C@@H](C)C(=O)N[C@@H](CCCNC(=N)N)C(=O)C[C@@H](C)C(=O)NCCSSCCC(=O)Nc4ccc5c(c4)C=C(C(=O)Nc4ccc6[nH]c(C(=O)N7C[C@H](CCl)c8c7cc(O)c7ccccc87)cc6c4)C5)cc3)nc2c(=O)[nH]1. The quantitative estimate of drug-likeness (QED) is 0.00456. The molecule has 11 N–H and O–H groups in total. The van der Waals surface area contributed by atoms with Crippen molar-refractivity contribution in [3.05, 3.63) is 164 Å². The predicted molar refractivity (Wildman–Crippen MR) is 385 cm³/mol. The molecule has 0 saturated heterocycles. The molecule has 0 saturated carbocycles. The van der Waals surface area contributed by atoms with E-state index in [4.69, 9.17) is 22.7 Å². The van der Waals surface area contributed by atoms with Crippen LogP contribution in [0, 0.1) is 24.2 Å². The monoisotopic (exact) mass is 1380 g/mol. The molecule has 1 aliphatic carbocycles. The van der Waals surface area contributed by atoms with Crippen LogP contribution in [0.2, 0.25) is 0 Å². The molecule has 0 unspecified atom stereocenters. The summed E-state index contributed by atoms with van der Waals surface area (Å²) in [6.45, 7) is 5.89. The van der Waals surface area contributed by atoms with E-state index < -0.39 is 23.8 Å². The lowest BCUT2D eigenvalue weighted by Gasteiger charge is -2.22. The molecule has 5 amide bonds. The second-order valence-corrected chi connectivity index (χ2v) is 27.9. The Labute approximate surface area is 578 Å². The van der Waals surface area contributed by atoms with Crippen LogP contribution in [0.25, 0.3) is 38.9 Å². The number of ketones is 3. The third kappa shape index (κ3) is 18.3. The van der Waals surface area contributed by atoms with Crippen LogP contribution in [0.5, 0.6) is 5.75 Å². The number of hydrogen-bond acceptors (Lipinski definition) is 16. The normalized spacial score (nSPS) is 14.1. The molecule has 0 radical (unpaired) electrons. The molecule has 98 heavy (non-hydrogen) atoms. The van der Waals surface area contributed by atoms with Crippen molar-refractivity contribution in [3.8, 4) is 5.75 Å². The van der Waals surface area contributed by atoms with Crippen LogP contribution in [0.3, 0.4) is 0 Å². The number of aryl methyl sites for hydroxylation is 3. The number of carbonyl (C=O) groups excluding carboxylic acids is 8. The standard InChI is InChI=1S/C72H78ClN13O10S2/c1-40(29-53(87)9-4-7-13-60(88)44-17-14-43(15-18-44)16-20-52-38-78-66-65(82-52)70(95)80-42(3)79-66)68(93)85-57(12-8-25-77-72(74)75)62(90)30-41(2)67(92)76-26-28-98-97-27-24-63(91)81-50-21-19-45-31-48(32-46(45)33-50)69(94)83-51-22-23-56-47(34-51)35-58(84-56)71(96)86-39-49(37-73)64-55-11-6-5-10-54(55)61(89)36-59(64)86/h5-6,10-11,14-15,17-19,21-23,32-36,38,40-41,49,57,84,89H,4,7-9,12-13,16,20,24-31,37,39H2,1-3H3,(H,76,92)(H,81,91)(H,83,94)(H,85,93)(H4,74,75,77)(H,78,79,80,95)/t40-,41-,49+,57+/m1/s1. The van der Waals surface area contributed by atoms with E-state index in [1.807, 2.05) is 54.6 Å². The van der Waals surface area contributed by atoms with Gasteiger partial charge in [0.15, 0.2) is 28.7 Å². The number of nitrogens with one attached hydrogen (secondary N) is 8. The highest BCUT2D eigenvalue weighted by Gasteiger charge is 2.36. The minimum atomic E-state index is -0.947. The van der Waals surface area contributed by atoms with Crippen LogP contribution >= 0.6 is 33.2 Å². The Morgan fingerprint density at radius 3 is 2.33 bits per heavy atom. The van der Waals surface area contributed by atoms with Crippen molar-refractivity contribution in [3.63, 3.8) is 0 Å². The molecule has 4 heterocycles. The van der Waals surface area contributed by atoms with E-state index in [1.54, 1.807) is 80.4 Å². The van der Waals surface area contributed by atoms with E-state index in [9.17, 15) is 48.3 Å². The van der Waals surface area contributed by atoms with Gasteiger partial charge in [0, 0.05) is 138 Å². The third-order valence-electron chi connectivity index (χ3n) is 17.4. The Balaban J connectivity index is 0.596. The summed E-state index contributed by atoms with van der Waals surface area (Å²) < 4.78 is 0. The van der Waals surface area contributed by atoms with E-state index in [2.05, 4.69) is 51.5 Å². The lowest BCUT2D eigenvalue weighted by atomic mass is 9.95. The predicted octanol–water partition coefficient (Wildman–Crippen LogP) is 9.92. The average Bonchev–Trinajstić information content (AvgIpc) is 1.58. The number of phenols is 1. The average molecular weight is 1390 g/mol. The Kier molecular flexibility index (Phi) is 23.9. The highest BCUT2D eigenvalue weighted by molar-refractivity contribution is 8.76. The van der Waals surface area contributed by atoms with Crippen LogP contribution in [0.15, 0.2) is 114 Å². The van der Waals surface area contributed by atoms with E-state index in [0.29, 0.717) is 131 Å². The first-order valence-electron chi connectivity index (χ1n) is 32.7. The molecular formula is C72H78ClN13O10S2. The first-order chi connectivity index (χ1) is 47.2. The number of rotatable bonds is 33. The van der Waals surface area contributed by atoms with Crippen molar-refractivity contribution in [2.24, 2.45) is 17.6 Å². The van der Waals surface area contributed by atoms with Gasteiger partial charge in [0.1, 0.15) is 23.1 Å². The van der Waals surface area contributed by atoms with Gasteiger partial charge < -0.3 is 52.3 Å². The van der Waals surface area contributed by atoms with E-state index in [0.717, 1.165) is 33.0 Å². The molecule has 0 fully saturated rings. The molecule has 0 bridgehead atoms. The Morgan fingerprint density at radius 1 is 0.796 bits per heavy atom. The number of nitrogens with two attached hydrogens (primary N) is 1. The number of alkyl halides is 1. The second-order valence-electron chi connectivity index (χ2n) is 24.8. The molecular weight excluding hydrogens is 1310 g/mol. The van der Waals surface area contributed by atoms with Crippen LogP contribution in [0.4, 0.5) is 17.1 Å². The van der Waals surface area contributed by atoms with Gasteiger partial charge in [0.05, 0.1) is 23.6 Å². The summed E-state index contributed by atoms with van der Waals surface area (Å²) in [6.07, 6.45) is 6.97. The van der Waals surface area contributed by atoms with Gasteiger partial charge in [0.2, 0.25) is 17.7 Å². The number of anilines is 3. The number of carbonyl (C=O) groups is 8. The van der Waals surface area contributed by atoms with Crippen molar-refractivity contribution in [1.29, 1.82) is 5.41 Å². The van der Waals surface area contributed by atoms with Gasteiger partial charge in [-0.25, -0.2) is 15.0 Å². The van der Waals surface area contributed by atoms with Crippen LogP contribution in [-0.4, -0.2) is 126 Å². The zero-order valence-electron chi connectivity index (χ0n) is 54.6. The number of nitrogens with zero attached hydrogens (tertiary/aromatic N) is 4. The number of aromatic hydroxyl groups is 1. The number of fused-ring (bicyclic) bond motifs is 6. The topological polar surface area (TPSA) is 357 Å². The third-order valence-corrected chi connectivity index (χ3v) is 20.1. The Hall–Kier alpha value is -9.72. The Bertz CT molecular complexity index is 4480. The minimum absolute atomic E-state index is 0.0508. The molecule has 1 aliphatic heterocycles. The maximum atomic E-state index is 14.0. The molecule has 0 spiro atoms. The number of H-pyrrole nitrogens is 2. The summed E-state index contributed by atoms with van der Waals surface area (Å²) in [5.74, 6) is -2.00. The first-order valence-corrected chi connectivity index (χ1v) is 35.7. The molecule has 23 nitrogen and oxygen atoms in total. The van der Waals surface area contributed by atoms with Crippen LogP contribution in [-0.2, 0) is 48.0 Å². The first kappa shape index (κ1) is 71.1. The molecule has 5 aromatic carbocycles. The lowest BCUT2D eigenvalue weighted by Crippen LogP contribution is -2.45. The molecule has 10 rings (SSSR count). The number of amides is 5. The van der Waals surface area contributed by atoms with Gasteiger partial charge in [-0.05, 0) is 116 Å². The maximum absolute atomic E-state index is 14.0. The maximum Gasteiger partial charge on any atom is 0.279 e. The largest absolute Gasteiger partial charge is 0.507 e. The number of aromatic amines is 2. The number of phenolic OH excluding ortho intramolecular Hbond substituents is 1. The minimum Gasteiger partial charge on any atom is -0.507 e. The number of guanidine groups is 1. The van der Waals surface area contributed by atoms with Gasteiger partial charge in [-0.2, -0.15) is 0 Å². The highest BCUT2D eigenvalue weighted by Crippen LogP contribution is 2.46. The summed E-state index contributed by atoms with van der Waals surface area (Å²) in [4.78, 5) is 140. The smallest absolute Gasteiger partial charge is 0.279 e. The zero-order valence-corrected chi connectivity index (χ0v) is 57.0. The zero-order chi connectivity index (χ0) is 69.6. The molecule has 26 heteroatoms. The van der Waals surface area contributed by atoms with Gasteiger partial charge in [-0.15, -0.1) is 11.6 Å². The Morgan fingerprint density at radius 2 is 1.54 bits per heavy atom. The van der Waals surface area contributed by atoms with Gasteiger partial charge in [-0.1, -0.05) is 90.0 Å². The second kappa shape index (κ2) is 33.0. The van der Waals surface area contributed by atoms with Crippen LogP contribution in [0.1, 0.15) is 132 Å². The van der Waals surface area contributed by atoms with Gasteiger partial charge >= 0.3 is 0 Å². The van der Waals surface area contributed by atoms with Crippen LogP contribution < -0.4 is 42.8 Å². The fourth-order valence-corrected chi connectivity index (χ4v) is 14.3. The molecule has 510 valence electrons. The molecule has 3 aromatic heterocycles. The molecule has 2 aliphatic rings. The summed E-state index contributed by atoms with van der Waals surface area (Å²) >= 11 is 6.43. The van der Waals surface area contributed by atoms with Crippen molar-refractivity contribution in [2.75, 3.05) is 52.6 Å². The van der Waals surface area contributed by atoms with Gasteiger partial charge in [0.25, 0.3) is 17.4 Å². The van der Waals surface area contributed by atoms with E-state index >= 15 is 0 Å². The summed E-state index contributed by atoms with van der Waals surface area (Å²) in [5, 5.41) is 35.0. The number of halogens is 1. The molecule has 8 aromatic rings. The number of benzene rings is 5. The fourth-order valence-electron chi connectivity index (χ4n) is 12.1. The number of hydrogen-bond donors (Lipinski definition) is 10. The number of Topliss-reactive ketones (excluding diaryl/α,β-unsaturated/α-hetero) is 3. The van der Waals surface area contributed by atoms with E-state index in [-0.39, 0.29) is 115 Å². The lowest BCUT2D eigenvalue weighted by molar-refractivity contribution is -0.133. The number of aromatic nitrogens is 5. The van der Waals surface area contributed by atoms with Crippen molar-refractivity contribution in [2.45, 2.75) is 110 Å². The van der Waals surface area contributed by atoms with Crippen molar-refractivity contribution >= 4 is 142 Å². The fraction of sp³-hybridized carbons (Fsp3) is 0.347. The summed E-state index contributed by atoms with van der Waals surface area (Å²) in [6, 6.07) is 28.2. The molecule has 4 atom stereocenters. The highest BCUT2D eigenvalue weighted by atomic mass is 35.5. The number of unbranched alkanes of at least 4 members (excludes halogenated alkanes) is 1. The summed E-state index contributed by atoms with van der Waals surface area (Å²) in [7, 11) is 2.97.